The molecule has 1 aliphatic carbocycles. The Labute approximate surface area is 110 Å². The van der Waals surface area contributed by atoms with Crippen LogP contribution in [0.1, 0.15) is 97.8 Å². The third-order valence-electron chi connectivity index (χ3n) is 4.37. The van der Waals surface area contributed by atoms with Crippen molar-refractivity contribution in [2.24, 2.45) is 11.3 Å². The lowest BCUT2D eigenvalue weighted by molar-refractivity contribution is 0.281. The van der Waals surface area contributed by atoms with Gasteiger partial charge < -0.3 is 0 Å². The normalized spacial score (nSPS) is 16.4. The van der Waals surface area contributed by atoms with Crippen molar-refractivity contribution in [1.29, 1.82) is 0 Å². The van der Waals surface area contributed by atoms with E-state index in [1.54, 1.807) is 0 Å². The van der Waals surface area contributed by atoms with Crippen LogP contribution < -0.4 is 0 Å². The zero-order valence-corrected chi connectivity index (χ0v) is 12.6. The van der Waals surface area contributed by atoms with Gasteiger partial charge in [0, 0.05) is 0 Å². The third kappa shape index (κ3) is 8.69. The summed E-state index contributed by atoms with van der Waals surface area (Å²) in [7, 11) is 0. The molecule has 0 nitrogen and oxygen atoms in total. The van der Waals surface area contributed by atoms with Crippen molar-refractivity contribution >= 4 is 0 Å². The average molecular weight is 238 g/mol. The van der Waals surface area contributed by atoms with Crippen molar-refractivity contribution in [2.45, 2.75) is 97.8 Å². The smallest absolute Gasteiger partial charge is 0.0354 e. The Morgan fingerprint density at radius 3 is 2.06 bits per heavy atom. The summed E-state index contributed by atoms with van der Waals surface area (Å²) in [6, 6.07) is 0. The summed E-state index contributed by atoms with van der Waals surface area (Å²) < 4.78 is 0. The molecule has 0 atom stereocenters. The standard InChI is InChI=1S/C17H34/c1-4-5-6-7-8-9-14-17(2,3)15-10-11-16-12-13-16/h16H,4-15H2,1-3H3. The molecule has 102 valence electrons. The minimum absolute atomic E-state index is 0.611. The lowest BCUT2D eigenvalue weighted by Crippen LogP contribution is -2.11. The summed E-state index contributed by atoms with van der Waals surface area (Å²) in [5, 5.41) is 0. The van der Waals surface area contributed by atoms with Crippen molar-refractivity contribution in [3.63, 3.8) is 0 Å². The second kappa shape index (κ2) is 8.16. The van der Waals surface area contributed by atoms with Gasteiger partial charge in [0.05, 0.1) is 0 Å². The Balaban J connectivity index is 1.90. The molecule has 0 spiro atoms. The first-order chi connectivity index (χ1) is 8.14. The van der Waals surface area contributed by atoms with Crippen molar-refractivity contribution < 1.29 is 0 Å². The summed E-state index contributed by atoms with van der Waals surface area (Å²) in [6.45, 7) is 7.25. The van der Waals surface area contributed by atoms with Gasteiger partial charge in [0.25, 0.3) is 0 Å². The van der Waals surface area contributed by atoms with Crippen molar-refractivity contribution in [3.05, 3.63) is 0 Å². The predicted molar refractivity (Wildman–Crippen MR) is 78.3 cm³/mol. The van der Waals surface area contributed by atoms with Crippen LogP contribution in [0.25, 0.3) is 0 Å². The maximum absolute atomic E-state index is 2.48. The van der Waals surface area contributed by atoms with Gasteiger partial charge in [-0.3, -0.25) is 0 Å². The largest absolute Gasteiger partial charge is 0.0654 e. The first kappa shape index (κ1) is 15.1. The summed E-state index contributed by atoms with van der Waals surface area (Å²) in [5.41, 5.74) is 0.611. The monoisotopic (exact) mass is 238 g/mol. The van der Waals surface area contributed by atoms with Gasteiger partial charge in [-0.25, -0.2) is 0 Å². The number of rotatable bonds is 11. The fraction of sp³-hybridized carbons (Fsp3) is 1.00. The topological polar surface area (TPSA) is 0 Å². The van der Waals surface area contributed by atoms with Crippen LogP contribution in [0.5, 0.6) is 0 Å². The van der Waals surface area contributed by atoms with Gasteiger partial charge in [-0.05, 0) is 24.2 Å². The number of hydrogen-bond donors (Lipinski definition) is 0. The average Bonchev–Trinajstić information content (AvgIpc) is 3.07. The molecule has 0 unspecified atom stereocenters. The van der Waals surface area contributed by atoms with Gasteiger partial charge in [-0.1, -0.05) is 85.0 Å². The van der Waals surface area contributed by atoms with E-state index in [9.17, 15) is 0 Å². The van der Waals surface area contributed by atoms with E-state index in [2.05, 4.69) is 20.8 Å². The van der Waals surface area contributed by atoms with E-state index in [4.69, 9.17) is 0 Å². The van der Waals surface area contributed by atoms with Gasteiger partial charge in [-0.15, -0.1) is 0 Å². The van der Waals surface area contributed by atoms with E-state index < -0.39 is 0 Å². The highest BCUT2D eigenvalue weighted by Gasteiger charge is 2.23. The maximum atomic E-state index is 2.48. The van der Waals surface area contributed by atoms with E-state index in [-0.39, 0.29) is 0 Å². The fourth-order valence-electron chi connectivity index (χ4n) is 2.78. The molecule has 0 heterocycles. The van der Waals surface area contributed by atoms with E-state index in [1.807, 2.05) is 0 Å². The molecule has 0 aliphatic heterocycles. The molecule has 0 N–H and O–H groups in total. The van der Waals surface area contributed by atoms with Gasteiger partial charge in [0.1, 0.15) is 0 Å². The van der Waals surface area contributed by atoms with Gasteiger partial charge >= 0.3 is 0 Å². The third-order valence-corrected chi connectivity index (χ3v) is 4.37. The Hall–Kier alpha value is 0. The van der Waals surface area contributed by atoms with E-state index in [1.165, 1.54) is 77.0 Å². The fourth-order valence-corrected chi connectivity index (χ4v) is 2.78. The highest BCUT2D eigenvalue weighted by Crippen LogP contribution is 2.37. The second-order valence-electron chi connectivity index (χ2n) is 7.02. The molecule has 0 radical (unpaired) electrons. The van der Waals surface area contributed by atoms with Crippen LogP contribution in [0.2, 0.25) is 0 Å². The van der Waals surface area contributed by atoms with Crippen LogP contribution in [0, 0.1) is 11.3 Å². The molecule has 1 rings (SSSR count). The zero-order valence-electron chi connectivity index (χ0n) is 12.6. The quantitative estimate of drug-likeness (QED) is 0.368. The van der Waals surface area contributed by atoms with Crippen LogP contribution in [-0.4, -0.2) is 0 Å². The SMILES string of the molecule is CCCCCCCCC(C)(C)CCCC1CC1. The molecule has 0 amide bonds. The molecule has 0 aromatic carbocycles. The summed E-state index contributed by atoms with van der Waals surface area (Å²) in [4.78, 5) is 0. The first-order valence-electron chi connectivity index (χ1n) is 8.14. The summed E-state index contributed by atoms with van der Waals surface area (Å²) in [6.07, 6.45) is 17.6. The summed E-state index contributed by atoms with van der Waals surface area (Å²) >= 11 is 0. The molecule has 1 saturated carbocycles. The maximum Gasteiger partial charge on any atom is -0.0354 e. The van der Waals surface area contributed by atoms with Crippen LogP contribution >= 0.6 is 0 Å². The zero-order chi connectivity index (χ0) is 12.6. The molecule has 0 bridgehead atoms. The van der Waals surface area contributed by atoms with Crippen LogP contribution in [0.15, 0.2) is 0 Å². The highest BCUT2D eigenvalue weighted by molar-refractivity contribution is 4.75. The Morgan fingerprint density at radius 2 is 1.41 bits per heavy atom. The first-order valence-corrected chi connectivity index (χ1v) is 8.14. The highest BCUT2D eigenvalue weighted by atomic mass is 14.3. The molecule has 0 aromatic rings. The lowest BCUT2D eigenvalue weighted by Gasteiger charge is -2.24. The minimum Gasteiger partial charge on any atom is -0.0654 e. The lowest BCUT2D eigenvalue weighted by atomic mass is 9.82. The van der Waals surface area contributed by atoms with Gasteiger partial charge in [0.15, 0.2) is 0 Å². The molecule has 1 fully saturated rings. The molecular weight excluding hydrogens is 204 g/mol. The van der Waals surface area contributed by atoms with E-state index >= 15 is 0 Å². The van der Waals surface area contributed by atoms with Crippen LogP contribution in [0.3, 0.4) is 0 Å². The van der Waals surface area contributed by atoms with Crippen LogP contribution in [-0.2, 0) is 0 Å². The van der Waals surface area contributed by atoms with Crippen molar-refractivity contribution in [3.8, 4) is 0 Å². The van der Waals surface area contributed by atoms with E-state index in [0.717, 1.165) is 5.92 Å². The van der Waals surface area contributed by atoms with Crippen LogP contribution in [0.4, 0.5) is 0 Å². The van der Waals surface area contributed by atoms with Gasteiger partial charge in [0.2, 0.25) is 0 Å². The Kier molecular flexibility index (Phi) is 7.23. The molecule has 0 saturated heterocycles. The second-order valence-corrected chi connectivity index (χ2v) is 7.02. The van der Waals surface area contributed by atoms with Gasteiger partial charge in [-0.2, -0.15) is 0 Å². The summed E-state index contributed by atoms with van der Waals surface area (Å²) in [5.74, 6) is 1.12. The predicted octanol–water partition coefficient (Wildman–Crippen LogP) is 6.34. The molecule has 1 aliphatic rings. The molecule has 0 aromatic heterocycles. The number of hydrogen-bond acceptors (Lipinski definition) is 0. The Morgan fingerprint density at radius 1 is 0.824 bits per heavy atom. The molecule has 17 heavy (non-hydrogen) atoms. The van der Waals surface area contributed by atoms with E-state index in [0.29, 0.717) is 5.41 Å². The number of unbranched alkanes of at least 4 members (excludes halogenated alkanes) is 5. The van der Waals surface area contributed by atoms with Crippen molar-refractivity contribution in [2.75, 3.05) is 0 Å². The molecular formula is C17H34. The molecule has 0 heteroatoms. The van der Waals surface area contributed by atoms with Crippen molar-refractivity contribution in [1.82, 2.24) is 0 Å². The Bertz CT molecular complexity index is 176. The minimum atomic E-state index is 0.611.